The lowest BCUT2D eigenvalue weighted by Gasteiger charge is -2.37. The van der Waals surface area contributed by atoms with Crippen LogP contribution in [0, 0.1) is 0 Å². The van der Waals surface area contributed by atoms with Crippen molar-refractivity contribution in [2.75, 3.05) is 20.2 Å². The van der Waals surface area contributed by atoms with Gasteiger partial charge >= 0.3 is 0 Å². The first-order chi connectivity index (χ1) is 15.7. The van der Waals surface area contributed by atoms with Crippen molar-refractivity contribution in [3.63, 3.8) is 0 Å². The summed E-state index contributed by atoms with van der Waals surface area (Å²) in [6.45, 7) is 5.13. The molecule has 1 atom stereocenters. The maximum Gasteiger partial charge on any atom is 0.243 e. The number of methoxy groups -OCH3 is 1. The molecular weight excluding hydrogens is 440 g/mol. The van der Waals surface area contributed by atoms with Gasteiger partial charge in [0.05, 0.1) is 18.0 Å². The first-order valence-corrected chi connectivity index (χ1v) is 12.9. The Bertz CT molecular complexity index is 1120. The highest BCUT2D eigenvalue weighted by Gasteiger charge is 2.34. The van der Waals surface area contributed by atoms with Crippen LogP contribution in [0.25, 0.3) is 0 Å². The van der Waals surface area contributed by atoms with Crippen LogP contribution in [-0.4, -0.2) is 44.4 Å². The van der Waals surface area contributed by atoms with Crippen molar-refractivity contribution in [3.05, 3.63) is 53.6 Å². The van der Waals surface area contributed by atoms with Crippen LogP contribution in [0.2, 0.25) is 0 Å². The smallest absolute Gasteiger partial charge is 0.243 e. The van der Waals surface area contributed by atoms with Gasteiger partial charge in [0.25, 0.3) is 0 Å². The van der Waals surface area contributed by atoms with Crippen molar-refractivity contribution in [3.8, 4) is 11.5 Å². The van der Waals surface area contributed by atoms with E-state index in [4.69, 9.17) is 9.47 Å². The van der Waals surface area contributed by atoms with Crippen molar-refractivity contribution in [1.29, 1.82) is 0 Å². The molecule has 0 aromatic heterocycles. The van der Waals surface area contributed by atoms with Gasteiger partial charge in [0.2, 0.25) is 15.9 Å². The molecular formula is C25H32N2O5S. The molecule has 4 rings (SSSR count). The zero-order chi connectivity index (χ0) is 23.6. The molecule has 7 nitrogen and oxygen atoms in total. The molecule has 1 N–H and O–H groups in total. The lowest BCUT2D eigenvalue weighted by Crippen LogP contribution is -2.41. The zero-order valence-electron chi connectivity index (χ0n) is 19.5. The molecule has 0 bridgehead atoms. The number of carbonyl (C=O) groups is 1. The van der Waals surface area contributed by atoms with E-state index in [9.17, 15) is 13.2 Å². The minimum absolute atomic E-state index is 0.0950. The monoisotopic (exact) mass is 472 g/mol. The summed E-state index contributed by atoms with van der Waals surface area (Å²) in [6.07, 6.45) is 3.04. The molecule has 2 aliphatic rings. The summed E-state index contributed by atoms with van der Waals surface area (Å²) in [7, 11) is -1.98. The number of amides is 1. The van der Waals surface area contributed by atoms with Crippen LogP contribution in [0.1, 0.15) is 56.7 Å². The quantitative estimate of drug-likeness (QED) is 0.662. The van der Waals surface area contributed by atoms with Crippen LogP contribution in [0.5, 0.6) is 11.5 Å². The summed E-state index contributed by atoms with van der Waals surface area (Å²) in [5.41, 5.74) is 1.30. The van der Waals surface area contributed by atoms with E-state index >= 15 is 0 Å². The maximum absolute atomic E-state index is 13.0. The van der Waals surface area contributed by atoms with E-state index in [1.807, 2.05) is 38.1 Å². The van der Waals surface area contributed by atoms with E-state index in [1.165, 1.54) is 4.31 Å². The van der Waals surface area contributed by atoms with Gasteiger partial charge in [-0.05, 0) is 62.9 Å². The van der Waals surface area contributed by atoms with E-state index in [-0.39, 0.29) is 28.9 Å². The molecule has 2 aliphatic heterocycles. The Kier molecular flexibility index (Phi) is 6.68. The molecule has 0 spiro atoms. The number of aryl methyl sites for hydroxylation is 1. The number of nitrogens with one attached hydrogen (secondary N) is 1. The van der Waals surface area contributed by atoms with E-state index in [1.54, 1.807) is 25.3 Å². The fourth-order valence-electron chi connectivity index (χ4n) is 4.63. The van der Waals surface area contributed by atoms with Crippen LogP contribution in [0.3, 0.4) is 0 Å². The zero-order valence-corrected chi connectivity index (χ0v) is 20.3. The highest BCUT2D eigenvalue weighted by molar-refractivity contribution is 7.89. The molecule has 1 amide bonds. The number of nitrogens with zero attached hydrogens (tertiary/aromatic N) is 1. The lowest BCUT2D eigenvalue weighted by atomic mass is 9.89. The fourth-order valence-corrected chi connectivity index (χ4v) is 6.20. The molecule has 178 valence electrons. The van der Waals surface area contributed by atoms with Gasteiger partial charge in [0.1, 0.15) is 17.1 Å². The predicted octanol–water partition coefficient (Wildman–Crippen LogP) is 3.83. The average molecular weight is 473 g/mol. The van der Waals surface area contributed by atoms with Gasteiger partial charge in [-0.25, -0.2) is 8.42 Å². The Labute approximate surface area is 196 Å². The van der Waals surface area contributed by atoms with E-state index < -0.39 is 10.0 Å². The van der Waals surface area contributed by atoms with Crippen molar-refractivity contribution in [2.24, 2.45) is 0 Å². The highest BCUT2D eigenvalue weighted by Crippen LogP contribution is 2.39. The van der Waals surface area contributed by atoms with Crippen molar-refractivity contribution >= 4 is 15.9 Å². The molecule has 2 heterocycles. The van der Waals surface area contributed by atoms with Crippen LogP contribution < -0.4 is 14.8 Å². The molecule has 1 fully saturated rings. The molecule has 0 saturated carbocycles. The predicted molar refractivity (Wildman–Crippen MR) is 126 cm³/mol. The molecule has 1 unspecified atom stereocenters. The second-order valence-electron chi connectivity index (χ2n) is 9.31. The van der Waals surface area contributed by atoms with Gasteiger partial charge in [-0.15, -0.1) is 0 Å². The van der Waals surface area contributed by atoms with E-state index in [0.717, 1.165) is 24.2 Å². The topological polar surface area (TPSA) is 84.9 Å². The lowest BCUT2D eigenvalue weighted by molar-refractivity contribution is -0.122. The third-order valence-corrected chi connectivity index (χ3v) is 8.18. The van der Waals surface area contributed by atoms with Crippen molar-refractivity contribution in [2.45, 2.75) is 62.5 Å². The summed E-state index contributed by atoms with van der Waals surface area (Å²) in [5.74, 6) is 1.28. The van der Waals surface area contributed by atoms with Crippen LogP contribution >= 0.6 is 0 Å². The van der Waals surface area contributed by atoms with Gasteiger partial charge in [-0.1, -0.05) is 18.2 Å². The Hall–Kier alpha value is -2.58. The van der Waals surface area contributed by atoms with E-state index in [2.05, 4.69) is 5.32 Å². The number of para-hydroxylation sites is 1. The largest absolute Gasteiger partial charge is 0.496 e. The average Bonchev–Trinajstić information content (AvgIpc) is 3.32. The second-order valence-corrected chi connectivity index (χ2v) is 11.2. The molecule has 0 aliphatic carbocycles. The summed E-state index contributed by atoms with van der Waals surface area (Å²) in [6, 6.07) is 12.5. The number of hydrogen-bond acceptors (Lipinski definition) is 5. The normalized spacial score (nSPS) is 20.0. The van der Waals surface area contributed by atoms with Crippen molar-refractivity contribution in [1.82, 2.24) is 9.62 Å². The number of fused-ring (bicyclic) bond motifs is 1. The summed E-state index contributed by atoms with van der Waals surface area (Å²) < 4.78 is 38.9. The van der Waals surface area contributed by atoms with Crippen LogP contribution in [0.4, 0.5) is 0 Å². The third kappa shape index (κ3) is 5.17. The first-order valence-electron chi connectivity index (χ1n) is 11.4. The number of sulfonamides is 1. The van der Waals surface area contributed by atoms with Crippen LogP contribution in [-0.2, 0) is 21.2 Å². The summed E-state index contributed by atoms with van der Waals surface area (Å²) in [5, 5.41) is 3.14. The molecule has 2 aromatic rings. The Balaban J connectivity index is 1.47. The fraction of sp³-hybridized carbons (Fsp3) is 0.480. The molecule has 2 aromatic carbocycles. The Morgan fingerprint density at radius 3 is 2.64 bits per heavy atom. The number of rotatable bonds is 7. The number of ether oxygens (including phenoxy) is 2. The number of benzene rings is 2. The van der Waals surface area contributed by atoms with Crippen molar-refractivity contribution < 1.29 is 22.7 Å². The molecule has 0 radical (unpaired) electrons. The van der Waals surface area contributed by atoms with Gasteiger partial charge in [0.15, 0.2) is 0 Å². The minimum atomic E-state index is -3.53. The number of carbonyl (C=O) groups excluding carboxylic acids is 1. The summed E-state index contributed by atoms with van der Waals surface area (Å²) >= 11 is 0. The molecule has 33 heavy (non-hydrogen) atoms. The highest BCUT2D eigenvalue weighted by atomic mass is 32.2. The first kappa shape index (κ1) is 23.6. The van der Waals surface area contributed by atoms with Gasteiger partial charge < -0.3 is 14.8 Å². The van der Waals surface area contributed by atoms with Crippen LogP contribution in [0.15, 0.2) is 47.4 Å². The maximum atomic E-state index is 13.0. The summed E-state index contributed by atoms with van der Waals surface area (Å²) in [4.78, 5) is 13.1. The Morgan fingerprint density at radius 2 is 1.91 bits per heavy atom. The third-order valence-electron chi connectivity index (χ3n) is 6.29. The van der Waals surface area contributed by atoms with Gasteiger partial charge in [-0.3, -0.25) is 4.79 Å². The Morgan fingerprint density at radius 1 is 1.18 bits per heavy atom. The standard InChI is InChI=1S/C25H32N2O5S/c1-25(2)17-21(20-8-4-5-9-23(20)32-25)26-24(28)13-10-18-16-19(11-12-22(18)31-3)33(29,30)27-14-6-7-15-27/h4-5,8-9,11-12,16,21H,6-7,10,13-15,17H2,1-3H3,(H,26,28). The SMILES string of the molecule is COc1ccc(S(=O)(=O)N2CCCC2)cc1CCC(=O)NC1CC(C)(C)Oc2ccccc21. The molecule has 1 saturated heterocycles. The number of hydrogen-bond donors (Lipinski definition) is 1. The van der Waals surface area contributed by atoms with E-state index in [0.29, 0.717) is 37.2 Å². The van der Waals surface area contributed by atoms with Gasteiger partial charge in [0, 0.05) is 31.5 Å². The molecule has 8 heteroatoms. The van der Waals surface area contributed by atoms with Gasteiger partial charge in [-0.2, -0.15) is 4.31 Å². The minimum Gasteiger partial charge on any atom is -0.496 e. The second kappa shape index (κ2) is 9.35.